The number of hydrogen-bond acceptors (Lipinski definition) is 2. The number of esters is 1. The van der Waals surface area contributed by atoms with Gasteiger partial charge < -0.3 is 4.74 Å². The van der Waals surface area contributed by atoms with E-state index in [1.807, 2.05) is 24.3 Å². The molecular formula is C22H28O2Si. The summed E-state index contributed by atoms with van der Waals surface area (Å²) in [5, 5.41) is 2.07. The van der Waals surface area contributed by atoms with Gasteiger partial charge in [-0.25, -0.2) is 4.79 Å². The maximum atomic E-state index is 12.6. The number of rotatable bonds is 4. The third-order valence-electron chi connectivity index (χ3n) is 5.98. The van der Waals surface area contributed by atoms with Crippen molar-refractivity contribution in [1.29, 1.82) is 0 Å². The zero-order valence-electron chi connectivity index (χ0n) is 16.1. The molecule has 0 amide bonds. The molecule has 132 valence electrons. The van der Waals surface area contributed by atoms with Gasteiger partial charge in [0.05, 0.1) is 13.6 Å². The maximum Gasteiger partial charge on any atom is 0.344 e. The number of hydrogen-bond donors (Lipinski definition) is 0. The number of ether oxygens (including phenoxy) is 1. The van der Waals surface area contributed by atoms with Crippen LogP contribution in [0.4, 0.5) is 0 Å². The summed E-state index contributed by atoms with van der Waals surface area (Å²) in [6.45, 7) is 13.9. The lowest BCUT2D eigenvalue weighted by molar-refractivity contribution is 0.0717. The second-order valence-electron chi connectivity index (χ2n) is 8.07. The molecule has 25 heavy (non-hydrogen) atoms. The first-order valence-electron chi connectivity index (χ1n) is 9.26. The molecule has 0 unspecified atom stereocenters. The van der Waals surface area contributed by atoms with Crippen molar-refractivity contribution in [2.75, 3.05) is 0 Å². The SMILES string of the molecule is CC(C)[Si](/C=C1\OC(=O)c2c1ccc1ccccc21)(C(C)C)C(C)C. The van der Waals surface area contributed by atoms with Crippen molar-refractivity contribution in [3.8, 4) is 0 Å². The second kappa shape index (κ2) is 6.45. The summed E-state index contributed by atoms with van der Waals surface area (Å²) in [6.07, 6.45) is 0. The Kier molecular flexibility index (Phi) is 4.63. The summed E-state index contributed by atoms with van der Waals surface area (Å²) in [7, 11) is -1.80. The predicted molar refractivity (Wildman–Crippen MR) is 108 cm³/mol. The smallest absolute Gasteiger partial charge is 0.344 e. The minimum Gasteiger partial charge on any atom is -0.423 e. The molecule has 2 aromatic rings. The van der Waals surface area contributed by atoms with E-state index < -0.39 is 8.07 Å². The van der Waals surface area contributed by atoms with Crippen LogP contribution < -0.4 is 0 Å². The van der Waals surface area contributed by atoms with Gasteiger partial charge >= 0.3 is 5.97 Å². The minimum atomic E-state index is -1.80. The van der Waals surface area contributed by atoms with Crippen LogP contribution in [-0.2, 0) is 4.74 Å². The lowest BCUT2D eigenvalue weighted by Crippen LogP contribution is -2.43. The van der Waals surface area contributed by atoms with Crippen LogP contribution in [0.5, 0.6) is 0 Å². The Labute approximate surface area is 151 Å². The lowest BCUT2D eigenvalue weighted by atomic mass is 10.00. The highest BCUT2D eigenvalue weighted by atomic mass is 28.3. The molecule has 0 aliphatic carbocycles. The van der Waals surface area contributed by atoms with Gasteiger partial charge in [-0.15, -0.1) is 0 Å². The largest absolute Gasteiger partial charge is 0.423 e. The fourth-order valence-electron chi connectivity index (χ4n) is 4.74. The van der Waals surface area contributed by atoms with Crippen LogP contribution in [0.2, 0.25) is 16.6 Å². The van der Waals surface area contributed by atoms with Gasteiger partial charge in [0.1, 0.15) is 5.76 Å². The standard InChI is InChI=1S/C22H28O2Si/c1-14(2)25(15(3)4,16(5)6)13-20-19-12-11-17-9-7-8-10-18(17)21(19)22(23)24-20/h7-16H,1-6H3/b20-13-. The van der Waals surface area contributed by atoms with Gasteiger partial charge in [-0.3, -0.25) is 0 Å². The van der Waals surface area contributed by atoms with Crippen molar-refractivity contribution in [2.24, 2.45) is 0 Å². The Hall–Kier alpha value is -1.87. The normalized spacial score (nSPS) is 16.4. The highest BCUT2D eigenvalue weighted by molar-refractivity contribution is 6.88. The summed E-state index contributed by atoms with van der Waals surface area (Å²) in [4.78, 5) is 12.6. The van der Waals surface area contributed by atoms with E-state index in [2.05, 4.69) is 59.4 Å². The Morgan fingerprint density at radius 2 is 1.48 bits per heavy atom. The monoisotopic (exact) mass is 352 g/mol. The molecule has 0 spiro atoms. The van der Waals surface area contributed by atoms with E-state index in [0.717, 1.165) is 27.7 Å². The Morgan fingerprint density at radius 3 is 2.08 bits per heavy atom. The molecular weight excluding hydrogens is 324 g/mol. The summed E-state index contributed by atoms with van der Waals surface area (Å²) in [5.41, 5.74) is 5.81. The van der Waals surface area contributed by atoms with E-state index in [0.29, 0.717) is 16.6 Å². The van der Waals surface area contributed by atoms with Gasteiger partial charge in [0.25, 0.3) is 0 Å². The molecule has 0 bridgehead atoms. The van der Waals surface area contributed by atoms with Gasteiger partial charge in [0.2, 0.25) is 0 Å². The fraction of sp³-hybridized carbons (Fsp3) is 0.409. The fourth-order valence-corrected chi connectivity index (χ4v) is 10.4. The van der Waals surface area contributed by atoms with Crippen molar-refractivity contribution in [1.82, 2.24) is 0 Å². The van der Waals surface area contributed by atoms with Gasteiger partial charge in [0, 0.05) is 5.56 Å². The molecule has 1 heterocycles. The quantitative estimate of drug-likeness (QED) is 0.459. The zero-order valence-corrected chi connectivity index (χ0v) is 17.1. The molecule has 0 saturated heterocycles. The Morgan fingerprint density at radius 1 is 0.880 bits per heavy atom. The summed E-state index contributed by atoms with van der Waals surface area (Å²) < 4.78 is 5.80. The van der Waals surface area contributed by atoms with Crippen molar-refractivity contribution in [3.63, 3.8) is 0 Å². The average molecular weight is 353 g/mol. The van der Waals surface area contributed by atoms with Gasteiger partial charge in [0.15, 0.2) is 0 Å². The highest BCUT2D eigenvalue weighted by Gasteiger charge is 2.43. The van der Waals surface area contributed by atoms with E-state index in [4.69, 9.17) is 4.74 Å². The maximum absolute atomic E-state index is 12.6. The van der Waals surface area contributed by atoms with Crippen molar-refractivity contribution < 1.29 is 9.53 Å². The molecule has 2 nitrogen and oxygen atoms in total. The molecule has 2 aromatic carbocycles. The molecule has 0 fully saturated rings. The van der Waals surface area contributed by atoms with Gasteiger partial charge in [-0.2, -0.15) is 0 Å². The molecule has 0 saturated carbocycles. The van der Waals surface area contributed by atoms with Crippen LogP contribution >= 0.6 is 0 Å². The van der Waals surface area contributed by atoms with Crippen LogP contribution in [0.25, 0.3) is 16.5 Å². The third-order valence-corrected chi connectivity index (χ3v) is 12.7. The second-order valence-corrected chi connectivity index (χ2v) is 13.8. The molecule has 0 radical (unpaired) electrons. The molecule has 0 atom stereocenters. The lowest BCUT2D eigenvalue weighted by Gasteiger charge is -2.40. The van der Waals surface area contributed by atoms with E-state index >= 15 is 0 Å². The van der Waals surface area contributed by atoms with Crippen LogP contribution in [0.1, 0.15) is 57.5 Å². The van der Waals surface area contributed by atoms with E-state index in [1.54, 1.807) is 0 Å². The van der Waals surface area contributed by atoms with Crippen LogP contribution in [0.3, 0.4) is 0 Å². The molecule has 3 rings (SSSR count). The van der Waals surface area contributed by atoms with Crippen LogP contribution in [0.15, 0.2) is 42.1 Å². The highest BCUT2D eigenvalue weighted by Crippen LogP contribution is 2.45. The molecule has 0 aromatic heterocycles. The third kappa shape index (κ3) is 2.75. The summed E-state index contributed by atoms with van der Waals surface area (Å²) in [5.74, 6) is 0.575. The molecule has 0 N–H and O–H groups in total. The van der Waals surface area contributed by atoms with Crippen LogP contribution in [0, 0.1) is 0 Å². The summed E-state index contributed by atoms with van der Waals surface area (Å²) >= 11 is 0. The summed E-state index contributed by atoms with van der Waals surface area (Å²) in [6, 6.07) is 12.2. The Balaban J connectivity index is 2.23. The zero-order chi connectivity index (χ0) is 18.4. The number of benzene rings is 2. The van der Waals surface area contributed by atoms with Crippen molar-refractivity contribution >= 4 is 30.6 Å². The minimum absolute atomic E-state index is 0.211. The first-order chi connectivity index (χ1) is 11.8. The first kappa shape index (κ1) is 17.9. The topological polar surface area (TPSA) is 26.3 Å². The first-order valence-corrected chi connectivity index (χ1v) is 11.6. The molecule has 1 aliphatic heterocycles. The van der Waals surface area contributed by atoms with Gasteiger partial charge in [-0.05, 0) is 33.5 Å². The van der Waals surface area contributed by atoms with E-state index in [-0.39, 0.29) is 5.97 Å². The Bertz CT molecular complexity index is 824. The van der Waals surface area contributed by atoms with Crippen molar-refractivity contribution in [3.05, 3.63) is 53.2 Å². The molecule has 1 aliphatic rings. The number of carbonyl (C=O) groups is 1. The van der Waals surface area contributed by atoms with E-state index in [1.165, 1.54) is 0 Å². The molecule has 3 heteroatoms. The number of cyclic esters (lactones) is 1. The average Bonchev–Trinajstić information content (AvgIpc) is 2.87. The predicted octanol–water partition coefficient (Wildman–Crippen LogP) is 6.57. The van der Waals surface area contributed by atoms with Crippen molar-refractivity contribution in [2.45, 2.75) is 58.2 Å². The van der Waals surface area contributed by atoms with Crippen LogP contribution in [-0.4, -0.2) is 14.0 Å². The number of fused-ring (bicyclic) bond motifs is 3. The van der Waals surface area contributed by atoms with Gasteiger partial charge in [-0.1, -0.05) is 77.6 Å². The van der Waals surface area contributed by atoms with E-state index in [9.17, 15) is 4.79 Å². The number of carbonyl (C=O) groups excluding carboxylic acids is 1.